The van der Waals surface area contributed by atoms with Crippen molar-refractivity contribution in [2.75, 3.05) is 0 Å². The second-order valence-corrected chi connectivity index (χ2v) is 28.9. The SMILES string of the molecule is c1ccc(-c2ccc3c4ccccc4n(-c4nccc(-c5cccc([Si](c6ccccc6)(c6ccccc6)c6ccc(-c7ccc8sc9c(-c%10ccc%11c(c%10)c%10ccccc%10n%11-c%10nc(-c%11ccccc%11)cc(-c%11ccccc%11)n%10)cccc9c8c7)cc6)c5)n4)c3c2)cc1. The molecular formula is C86H56N6SSi. The van der Waals surface area contributed by atoms with Gasteiger partial charge in [0.25, 0.3) is 0 Å². The number of hydrogen-bond donors (Lipinski definition) is 0. The summed E-state index contributed by atoms with van der Waals surface area (Å²) in [7, 11) is -3.01. The first-order chi connectivity index (χ1) is 46.6. The molecule has 0 saturated carbocycles. The minimum Gasteiger partial charge on any atom is -0.278 e. The highest BCUT2D eigenvalue weighted by Gasteiger charge is 2.41. The summed E-state index contributed by atoms with van der Waals surface area (Å²) >= 11 is 1.87. The van der Waals surface area contributed by atoms with Gasteiger partial charge in [0.2, 0.25) is 11.9 Å². The minimum atomic E-state index is -3.01. The van der Waals surface area contributed by atoms with Gasteiger partial charge in [-0.15, -0.1) is 11.3 Å². The molecule has 18 rings (SSSR count). The van der Waals surface area contributed by atoms with E-state index in [1.54, 1.807) is 0 Å². The molecule has 440 valence electrons. The molecule has 8 heteroatoms. The van der Waals surface area contributed by atoms with Gasteiger partial charge in [0.15, 0.2) is 8.07 Å². The Bertz CT molecular complexity index is 5810. The topological polar surface area (TPSA) is 61.4 Å². The fourth-order valence-electron chi connectivity index (χ4n) is 14.4. The van der Waals surface area contributed by atoms with Crippen LogP contribution in [-0.2, 0) is 0 Å². The van der Waals surface area contributed by atoms with Crippen LogP contribution in [0.5, 0.6) is 0 Å². The van der Waals surface area contributed by atoms with E-state index in [1.165, 1.54) is 74.1 Å². The van der Waals surface area contributed by atoms with Crippen LogP contribution in [0.3, 0.4) is 0 Å². The zero-order valence-electron chi connectivity index (χ0n) is 50.9. The number of nitrogens with zero attached hydrogens (tertiary/aromatic N) is 6. The Hall–Kier alpha value is -11.9. The van der Waals surface area contributed by atoms with Crippen molar-refractivity contribution in [3.05, 3.63) is 340 Å². The first-order valence-corrected chi connectivity index (χ1v) is 34.6. The van der Waals surface area contributed by atoms with Gasteiger partial charge in [-0.1, -0.05) is 279 Å². The lowest BCUT2D eigenvalue weighted by molar-refractivity contribution is 0.992. The predicted octanol–water partition coefficient (Wildman–Crippen LogP) is 19.2. The third-order valence-corrected chi connectivity index (χ3v) is 24.8. The maximum atomic E-state index is 5.45. The highest BCUT2D eigenvalue weighted by atomic mass is 32.1. The Kier molecular flexibility index (Phi) is 13.3. The lowest BCUT2D eigenvalue weighted by Crippen LogP contribution is -2.74. The van der Waals surface area contributed by atoms with E-state index in [2.05, 4.69) is 325 Å². The summed E-state index contributed by atoms with van der Waals surface area (Å²) in [4.78, 5) is 21.0. The molecule has 13 aromatic carbocycles. The second-order valence-electron chi connectivity index (χ2n) is 24.1. The molecule has 0 aliphatic rings. The van der Waals surface area contributed by atoms with Crippen LogP contribution in [0.15, 0.2) is 340 Å². The molecule has 0 saturated heterocycles. The summed E-state index contributed by atoms with van der Waals surface area (Å²) in [5, 5.41) is 12.3. The Labute approximate surface area is 548 Å². The predicted molar refractivity (Wildman–Crippen MR) is 395 cm³/mol. The molecule has 5 heterocycles. The monoisotopic (exact) mass is 1230 g/mol. The Morgan fingerprint density at radius 2 is 0.723 bits per heavy atom. The maximum Gasteiger partial charge on any atom is 0.235 e. The fraction of sp³-hybridized carbons (Fsp3) is 0. The Morgan fingerprint density at radius 3 is 1.40 bits per heavy atom. The van der Waals surface area contributed by atoms with Gasteiger partial charge in [-0.2, -0.15) is 0 Å². The van der Waals surface area contributed by atoms with E-state index in [4.69, 9.17) is 19.9 Å². The van der Waals surface area contributed by atoms with Crippen LogP contribution in [-0.4, -0.2) is 37.1 Å². The highest BCUT2D eigenvalue weighted by molar-refractivity contribution is 7.26. The standard InChI is InChI=1S/C86H56N6SSi/c1-6-22-57(23-7-1)62-42-47-72-70-34-16-18-38-79(70)92(82(72)55-62)85-87-51-50-76(88-85)64-28-20-33-68(52-64)94(65-29-12-4-13-30-65,66-31-14-5-15-32-66)67-45-40-58(41-46-67)61-44-49-83-75(53-61)73-37-21-36-69(84(73)93-83)63-43-48-81-74(54-63)71-35-17-19-39-80(71)91(81)86-89-77(59-24-8-2-9-25-59)56-78(90-86)60-26-10-3-11-27-60/h1-56H. The Morgan fingerprint density at radius 1 is 0.255 bits per heavy atom. The van der Waals surface area contributed by atoms with Crippen LogP contribution in [0, 0.1) is 0 Å². The van der Waals surface area contributed by atoms with Gasteiger partial charge >= 0.3 is 0 Å². The minimum absolute atomic E-state index is 0.632. The summed E-state index contributed by atoms with van der Waals surface area (Å²) in [6, 6.07) is 121. The van der Waals surface area contributed by atoms with Gasteiger partial charge in [-0.05, 0) is 109 Å². The number of rotatable bonds is 12. The summed E-state index contributed by atoms with van der Waals surface area (Å²) in [5.74, 6) is 1.27. The van der Waals surface area contributed by atoms with Crippen LogP contribution in [0.4, 0.5) is 0 Å². The van der Waals surface area contributed by atoms with E-state index in [0.717, 1.165) is 77.6 Å². The zero-order chi connectivity index (χ0) is 62.1. The third-order valence-electron chi connectivity index (χ3n) is 18.8. The van der Waals surface area contributed by atoms with Crippen molar-refractivity contribution in [2.45, 2.75) is 0 Å². The van der Waals surface area contributed by atoms with Crippen LogP contribution >= 0.6 is 11.3 Å². The van der Waals surface area contributed by atoms with Gasteiger partial charge in [-0.3, -0.25) is 9.13 Å². The molecule has 0 radical (unpaired) electrons. The molecular weight excluding hydrogens is 1180 g/mol. The van der Waals surface area contributed by atoms with Crippen molar-refractivity contribution < 1.29 is 0 Å². The molecule has 6 nitrogen and oxygen atoms in total. The van der Waals surface area contributed by atoms with Crippen molar-refractivity contribution in [1.29, 1.82) is 0 Å². The summed E-state index contributed by atoms with van der Waals surface area (Å²) in [6.45, 7) is 0. The lowest BCUT2D eigenvalue weighted by Gasteiger charge is -2.34. The average Bonchev–Trinajstić information content (AvgIpc) is 0.843. The molecule has 0 amide bonds. The quantitative estimate of drug-likeness (QED) is 0.0903. The Balaban J connectivity index is 0.716. The van der Waals surface area contributed by atoms with Crippen LogP contribution in [0.1, 0.15) is 0 Å². The van der Waals surface area contributed by atoms with E-state index < -0.39 is 8.07 Å². The summed E-state index contributed by atoms with van der Waals surface area (Å²) in [6.07, 6.45) is 1.91. The lowest BCUT2D eigenvalue weighted by atomic mass is 9.99. The second kappa shape index (κ2) is 22.8. The van der Waals surface area contributed by atoms with E-state index in [9.17, 15) is 0 Å². The van der Waals surface area contributed by atoms with Crippen LogP contribution < -0.4 is 20.7 Å². The van der Waals surface area contributed by atoms with Crippen LogP contribution in [0.25, 0.3) is 143 Å². The molecule has 0 unspecified atom stereocenters. The third kappa shape index (κ3) is 9.21. The summed E-state index contributed by atoms with van der Waals surface area (Å²) in [5.41, 5.74) is 17.0. The van der Waals surface area contributed by atoms with Crippen LogP contribution in [0.2, 0.25) is 0 Å². The molecule has 0 fully saturated rings. The van der Waals surface area contributed by atoms with Gasteiger partial charge in [-0.25, -0.2) is 19.9 Å². The first kappa shape index (κ1) is 54.9. The molecule has 0 aliphatic heterocycles. The number of fused-ring (bicyclic) bond motifs is 9. The van der Waals surface area contributed by atoms with Gasteiger partial charge < -0.3 is 0 Å². The molecule has 18 aromatic rings. The largest absolute Gasteiger partial charge is 0.278 e. The first-order valence-electron chi connectivity index (χ1n) is 31.8. The van der Waals surface area contributed by atoms with E-state index >= 15 is 0 Å². The van der Waals surface area contributed by atoms with Crippen molar-refractivity contribution in [3.63, 3.8) is 0 Å². The number of para-hydroxylation sites is 2. The zero-order valence-corrected chi connectivity index (χ0v) is 52.7. The van der Waals surface area contributed by atoms with E-state index in [0.29, 0.717) is 11.9 Å². The molecule has 0 spiro atoms. The molecule has 94 heavy (non-hydrogen) atoms. The van der Waals surface area contributed by atoms with Gasteiger partial charge in [0, 0.05) is 64.6 Å². The van der Waals surface area contributed by atoms with Crippen molar-refractivity contribution in [2.24, 2.45) is 0 Å². The average molecular weight is 1230 g/mol. The number of hydrogen-bond acceptors (Lipinski definition) is 5. The summed E-state index contributed by atoms with van der Waals surface area (Å²) < 4.78 is 6.98. The highest BCUT2D eigenvalue weighted by Crippen LogP contribution is 2.44. The molecule has 0 bridgehead atoms. The van der Waals surface area contributed by atoms with E-state index in [1.807, 2.05) is 35.7 Å². The van der Waals surface area contributed by atoms with Gasteiger partial charge in [0.05, 0.1) is 39.1 Å². The molecule has 5 aromatic heterocycles. The smallest absolute Gasteiger partial charge is 0.235 e. The fourth-order valence-corrected chi connectivity index (χ4v) is 20.4. The van der Waals surface area contributed by atoms with Crippen molar-refractivity contribution in [1.82, 2.24) is 29.1 Å². The molecule has 0 atom stereocenters. The number of aromatic nitrogens is 6. The van der Waals surface area contributed by atoms with Gasteiger partial charge in [0.1, 0.15) is 0 Å². The number of benzene rings is 13. The molecule has 0 N–H and O–H groups in total. The number of thiophene rings is 1. The van der Waals surface area contributed by atoms with Crippen molar-refractivity contribution in [3.8, 4) is 79.0 Å². The maximum absolute atomic E-state index is 5.45. The van der Waals surface area contributed by atoms with Crippen molar-refractivity contribution >= 4 is 104 Å². The molecule has 0 aliphatic carbocycles. The van der Waals surface area contributed by atoms with E-state index in [-0.39, 0.29) is 0 Å². The normalized spacial score (nSPS) is 11.8.